The summed E-state index contributed by atoms with van der Waals surface area (Å²) in [7, 11) is 0. The Bertz CT molecular complexity index is 428. The number of hydrogen-bond donors (Lipinski definition) is 0. The predicted molar refractivity (Wildman–Crippen MR) is 53.7 cm³/mol. The maximum atomic E-state index is 13.4. The van der Waals surface area contributed by atoms with Crippen molar-refractivity contribution in [1.29, 1.82) is 5.26 Å². The van der Waals surface area contributed by atoms with E-state index < -0.39 is 11.6 Å². The Balaban J connectivity index is 3.27. The van der Waals surface area contributed by atoms with E-state index in [-0.39, 0.29) is 21.5 Å². The lowest BCUT2D eigenvalue weighted by Crippen LogP contribution is -2.03. The molecule has 1 aromatic rings. The van der Waals surface area contributed by atoms with Gasteiger partial charge in [0.1, 0.15) is 5.82 Å². The summed E-state index contributed by atoms with van der Waals surface area (Å²) in [6.07, 6.45) is -0.382. The summed E-state index contributed by atoms with van der Waals surface area (Å²) in [5.41, 5.74) is -0.234. The first kappa shape index (κ1) is 11.2. The molecule has 2 nitrogen and oxygen atoms in total. The van der Waals surface area contributed by atoms with Gasteiger partial charge in [-0.1, -0.05) is 11.6 Å². The number of ketones is 1. The van der Waals surface area contributed by atoms with Crippen LogP contribution in [-0.2, 0) is 0 Å². The molecule has 1 aromatic carbocycles. The Morgan fingerprint density at radius 2 is 2.29 bits per heavy atom. The molecule has 0 aliphatic heterocycles. The van der Waals surface area contributed by atoms with Gasteiger partial charge in [0.25, 0.3) is 0 Å². The molecule has 14 heavy (non-hydrogen) atoms. The molecule has 0 atom stereocenters. The van der Waals surface area contributed by atoms with E-state index in [1.807, 2.05) is 0 Å². The molecular formula is C9H4BrClFNO. The van der Waals surface area contributed by atoms with Crippen LogP contribution in [0.5, 0.6) is 0 Å². The van der Waals surface area contributed by atoms with E-state index >= 15 is 0 Å². The third-order valence-electron chi connectivity index (χ3n) is 1.56. The Morgan fingerprint density at radius 3 is 2.86 bits per heavy atom. The van der Waals surface area contributed by atoms with Gasteiger partial charge in [-0.3, -0.25) is 4.79 Å². The molecule has 0 heterocycles. The summed E-state index contributed by atoms with van der Waals surface area (Å²) in [5, 5.41) is 8.32. The van der Waals surface area contributed by atoms with Crippen LogP contribution in [0.3, 0.4) is 0 Å². The van der Waals surface area contributed by atoms with Gasteiger partial charge in [0.05, 0.1) is 27.5 Å². The number of carbonyl (C=O) groups excluding carboxylic acids is 1. The van der Waals surface area contributed by atoms with E-state index in [1.165, 1.54) is 12.1 Å². The van der Waals surface area contributed by atoms with Gasteiger partial charge in [0, 0.05) is 0 Å². The fourth-order valence-electron chi connectivity index (χ4n) is 0.943. The van der Waals surface area contributed by atoms with E-state index in [4.69, 9.17) is 16.9 Å². The van der Waals surface area contributed by atoms with Crippen molar-refractivity contribution in [3.63, 3.8) is 0 Å². The lowest BCUT2D eigenvalue weighted by Gasteiger charge is -2.03. The molecular weight excluding hydrogens is 272 g/mol. The molecule has 0 radical (unpaired) electrons. The first-order valence-electron chi connectivity index (χ1n) is 3.61. The van der Waals surface area contributed by atoms with Crippen LogP contribution in [-0.4, -0.2) is 5.78 Å². The SMILES string of the molecule is N#CCC(=O)c1c(Cl)ccc(Br)c1F. The van der Waals surface area contributed by atoms with Gasteiger partial charge in [-0.05, 0) is 28.1 Å². The van der Waals surface area contributed by atoms with Crippen LogP contribution < -0.4 is 0 Å². The van der Waals surface area contributed by atoms with Crippen LogP contribution in [0.4, 0.5) is 4.39 Å². The Labute approximate surface area is 93.4 Å². The van der Waals surface area contributed by atoms with E-state index in [2.05, 4.69) is 15.9 Å². The lowest BCUT2D eigenvalue weighted by atomic mass is 10.1. The Hall–Kier alpha value is -0.920. The van der Waals surface area contributed by atoms with Crippen molar-refractivity contribution in [3.05, 3.63) is 33.0 Å². The number of rotatable bonds is 2. The van der Waals surface area contributed by atoms with Crippen molar-refractivity contribution in [2.45, 2.75) is 6.42 Å². The molecule has 0 bridgehead atoms. The summed E-state index contributed by atoms with van der Waals surface area (Å²) in [6.45, 7) is 0. The minimum absolute atomic E-state index is 0.0194. The highest BCUT2D eigenvalue weighted by Gasteiger charge is 2.17. The molecule has 0 spiro atoms. The highest BCUT2D eigenvalue weighted by molar-refractivity contribution is 9.10. The third kappa shape index (κ3) is 2.11. The minimum atomic E-state index is -0.724. The molecule has 0 fully saturated rings. The zero-order valence-corrected chi connectivity index (χ0v) is 9.19. The fourth-order valence-corrected chi connectivity index (χ4v) is 1.52. The maximum absolute atomic E-state index is 13.4. The van der Waals surface area contributed by atoms with Crippen LogP contribution >= 0.6 is 27.5 Å². The highest BCUT2D eigenvalue weighted by Crippen LogP contribution is 2.26. The number of halogens is 3. The molecule has 0 aliphatic rings. The maximum Gasteiger partial charge on any atom is 0.181 e. The second-order valence-electron chi connectivity index (χ2n) is 2.48. The summed E-state index contributed by atoms with van der Waals surface area (Å²) in [5.74, 6) is -1.34. The standard InChI is InChI=1S/C9H4BrClFNO/c10-5-1-2-6(11)8(9(5)12)7(14)3-4-13/h1-2H,3H2. The minimum Gasteiger partial charge on any atom is -0.293 e. The monoisotopic (exact) mass is 275 g/mol. The molecule has 72 valence electrons. The van der Waals surface area contributed by atoms with E-state index in [0.717, 1.165) is 0 Å². The van der Waals surface area contributed by atoms with Gasteiger partial charge in [0.15, 0.2) is 5.78 Å². The summed E-state index contributed by atoms with van der Waals surface area (Å²) < 4.78 is 13.5. The van der Waals surface area contributed by atoms with Gasteiger partial charge in [-0.15, -0.1) is 0 Å². The zero-order chi connectivity index (χ0) is 10.7. The molecule has 0 unspecified atom stereocenters. The number of benzene rings is 1. The summed E-state index contributed by atoms with van der Waals surface area (Å²) in [6, 6.07) is 4.46. The van der Waals surface area contributed by atoms with Gasteiger partial charge < -0.3 is 0 Å². The summed E-state index contributed by atoms with van der Waals surface area (Å²) in [4.78, 5) is 11.3. The second-order valence-corrected chi connectivity index (χ2v) is 3.74. The number of nitriles is 1. The van der Waals surface area contributed by atoms with Gasteiger partial charge in [-0.2, -0.15) is 5.26 Å². The van der Waals surface area contributed by atoms with Crippen LogP contribution in [0, 0.1) is 17.1 Å². The Kier molecular flexibility index (Phi) is 3.62. The number of nitrogens with zero attached hydrogens (tertiary/aromatic N) is 1. The van der Waals surface area contributed by atoms with E-state index in [1.54, 1.807) is 6.07 Å². The molecule has 0 saturated carbocycles. The molecule has 1 rings (SSSR count). The van der Waals surface area contributed by atoms with Crippen molar-refractivity contribution < 1.29 is 9.18 Å². The third-order valence-corrected chi connectivity index (χ3v) is 2.49. The van der Waals surface area contributed by atoms with Crippen LogP contribution in [0.1, 0.15) is 16.8 Å². The molecule has 0 N–H and O–H groups in total. The van der Waals surface area contributed by atoms with Gasteiger partial charge in [0.2, 0.25) is 0 Å². The second kappa shape index (κ2) is 4.54. The van der Waals surface area contributed by atoms with Crippen molar-refractivity contribution in [2.24, 2.45) is 0 Å². The number of hydrogen-bond acceptors (Lipinski definition) is 2. The van der Waals surface area contributed by atoms with Crippen molar-refractivity contribution in [3.8, 4) is 6.07 Å². The quantitative estimate of drug-likeness (QED) is 0.614. The van der Waals surface area contributed by atoms with Crippen molar-refractivity contribution in [1.82, 2.24) is 0 Å². The normalized spacial score (nSPS) is 9.57. The zero-order valence-electron chi connectivity index (χ0n) is 6.85. The van der Waals surface area contributed by atoms with Crippen molar-refractivity contribution in [2.75, 3.05) is 0 Å². The van der Waals surface area contributed by atoms with Gasteiger partial charge in [-0.25, -0.2) is 4.39 Å². The average molecular weight is 276 g/mol. The fraction of sp³-hybridized carbons (Fsp3) is 0.111. The first-order valence-corrected chi connectivity index (χ1v) is 4.78. The topological polar surface area (TPSA) is 40.9 Å². The molecule has 5 heteroatoms. The van der Waals surface area contributed by atoms with Gasteiger partial charge >= 0.3 is 0 Å². The molecule has 0 amide bonds. The predicted octanol–water partition coefficient (Wildman–Crippen LogP) is 3.34. The molecule has 0 aromatic heterocycles. The van der Waals surface area contributed by atoms with E-state index in [0.29, 0.717) is 0 Å². The molecule has 0 aliphatic carbocycles. The first-order chi connectivity index (χ1) is 6.57. The summed E-state index contributed by atoms with van der Waals surface area (Å²) >= 11 is 8.57. The van der Waals surface area contributed by atoms with Crippen LogP contribution in [0.15, 0.2) is 16.6 Å². The van der Waals surface area contributed by atoms with Crippen LogP contribution in [0.2, 0.25) is 5.02 Å². The number of Topliss-reactive ketones (excluding diaryl/α,β-unsaturated/α-hetero) is 1. The Morgan fingerprint density at radius 1 is 1.64 bits per heavy atom. The largest absolute Gasteiger partial charge is 0.293 e. The highest BCUT2D eigenvalue weighted by atomic mass is 79.9. The van der Waals surface area contributed by atoms with Crippen LogP contribution in [0.25, 0.3) is 0 Å². The number of carbonyl (C=O) groups is 1. The lowest BCUT2D eigenvalue weighted by molar-refractivity contribution is 0.0994. The van der Waals surface area contributed by atoms with E-state index in [9.17, 15) is 9.18 Å². The molecule has 0 saturated heterocycles. The van der Waals surface area contributed by atoms with Crippen molar-refractivity contribution >= 4 is 33.3 Å². The average Bonchev–Trinajstić information content (AvgIpc) is 2.13. The smallest absolute Gasteiger partial charge is 0.181 e.